The standard InChI is InChI=1S/C30H46O4/c1-18(2)9-8-10-19(26(33)34)22-17-25(32)30(7)21-11-12-23-27(3,4)24(31)14-15-28(23,5)20(21)13-16-29(22,30)6/h9,11,13,16,19-20,22-25,31-32H,8,10,12,14-15,17H2,1-7H3,(H,33,34)/t19-,20+,22-,23+,24+,25+,28-,29-,30-/m1/s1. The highest BCUT2D eigenvalue weighted by molar-refractivity contribution is 5.71. The molecule has 4 rings (SSSR count). The Kier molecular flexibility index (Phi) is 6.30. The van der Waals surface area contributed by atoms with Crippen molar-refractivity contribution in [3.63, 3.8) is 0 Å². The minimum Gasteiger partial charge on any atom is -0.481 e. The van der Waals surface area contributed by atoms with Crippen molar-refractivity contribution in [2.24, 2.45) is 45.3 Å². The van der Waals surface area contributed by atoms with Crippen LogP contribution in [0.1, 0.15) is 87.0 Å². The van der Waals surface area contributed by atoms with Crippen molar-refractivity contribution in [3.8, 4) is 0 Å². The normalized spacial score (nSPS) is 45.4. The Bertz CT molecular complexity index is 924. The third-order valence-corrected chi connectivity index (χ3v) is 11.2. The van der Waals surface area contributed by atoms with Crippen LogP contribution in [0.25, 0.3) is 0 Å². The van der Waals surface area contributed by atoms with Gasteiger partial charge in [-0.25, -0.2) is 0 Å². The lowest BCUT2D eigenvalue weighted by molar-refractivity contribution is -0.146. The second-order valence-electron chi connectivity index (χ2n) is 13.3. The molecule has 2 fully saturated rings. The molecule has 0 heterocycles. The van der Waals surface area contributed by atoms with Crippen molar-refractivity contribution in [1.82, 2.24) is 0 Å². The topological polar surface area (TPSA) is 77.8 Å². The van der Waals surface area contributed by atoms with Gasteiger partial charge in [-0.05, 0) is 75.0 Å². The lowest BCUT2D eigenvalue weighted by Gasteiger charge is -2.62. The molecule has 0 aromatic rings. The zero-order valence-corrected chi connectivity index (χ0v) is 22.3. The zero-order valence-electron chi connectivity index (χ0n) is 22.3. The monoisotopic (exact) mass is 470 g/mol. The summed E-state index contributed by atoms with van der Waals surface area (Å²) in [6, 6.07) is 0. The summed E-state index contributed by atoms with van der Waals surface area (Å²) >= 11 is 0. The molecule has 0 saturated heterocycles. The second-order valence-corrected chi connectivity index (χ2v) is 13.3. The van der Waals surface area contributed by atoms with Crippen LogP contribution in [0, 0.1) is 45.3 Å². The third-order valence-electron chi connectivity index (χ3n) is 11.2. The highest BCUT2D eigenvalue weighted by Gasteiger charge is 2.67. The number of hydrogen-bond acceptors (Lipinski definition) is 3. The van der Waals surface area contributed by atoms with Crippen molar-refractivity contribution in [2.75, 3.05) is 0 Å². The molecule has 2 saturated carbocycles. The Hall–Kier alpha value is -1.39. The maximum absolute atomic E-state index is 12.4. The van der Waals surface area contributed by atoms with E-state index in [1.807, 2.05) is 13.8 Å². The summed E-state index contributed by atoms with van der Waals surface area (Å²) in [5, 5.41) is 32.6. The van der Waals surface area contributed by atoms with Gasteiger partial charge >= 0.3 is 5.97 Å². The number of allylic oxidation sites excluding steroid dienone is 5. The average Bonchev–Trinajstić information content (AvgIpc) is 2.95. The molecule has 0 amide bonds. The van der Waals surface area contributed by atoms with Crippen LogP contribution in [0.15, 0.2) is 35.5 Å². The molecule has 0 radical (unpaired) electrons. The molecule has 0 bridgehead atoms. The van der Waals surface area contributed by atoms with Gasteiger partial charge in [0, 0.05) is 16.7 Å². The van der Waals surface area contributed by atoms with Gasteiger partial charge in [-0.3, -0.25) is 4.79 Å². The highest BCUT2D eigenvalue weighted by Crippen LogP contribution is 2.71. The lowest BCUT2D eigenvalue weighted by atomic mass is 9.42. The maximum Gasteiger partial charge on any atom is 0.306 e. The maximum atomic E-state index is 12.4. The van der Waals surface area contributed by atoms with E-state index in [2.05, 4.69) is 58.9 Å². The molecule has 3 N–H and O–H groups in total. The van der Waals surface area contributed by atoms with Crippen molar-refractivity contribution < 1.29 is 20.1 Å². The molecular formula is C30H46O4. The van der Waals surface area contributed by atoms with Gasteiger partial charge in [-0.1, -0.05) is 70.1 Å². The Morgan fingerprint density at radius 1 is 1.15 bits per heavy atom. The fraction of sp³-hybridized carbons (Fsp3) is 0.767. The summed E-state index contributed by atoms with van der Waals surface area (Å²) in [6.07, 6.45) is 12.9. The molecule has 4 aliphatic rings. The first-order chi connectivity index (χ1) is 15.7. The summed E-state index contributed by atoms with van der Waals surface area (Å²) in [5.41, 5.74) is 1.52. The third kappa shape index (κ3) is 3.42. The van der Waals surface area contributed by atoms with E-state index in [-0.39, 0.29) is 28.8 Å². The quantitative estimate of drug-likeness (QED) is 0.421. The zero-order chi connectivity index (χ0) is 25.3. The van der Waals surface area contributed by atoms with E-state index in [1.165, 1.54) is 11.1 Å². The second kappa shape index (κ2) is 8.34. The fourth-order valence-electron chi connectivity index (χ4n) is 8.80. The summed E-state index contributed by atoms with van der Waals surface area (Å²) in [4.78, 5) is 12.4. The van der Waals surface area contributed by atoms with Crippen LogP contribution in [-0.4, -0.2) is 33.5 Å². The molecule has 0 aromatic heterocycles. The minimum atomic E-state index is -0.743. The molecule has 0 unspecified atom stereocenters. The number of fused-ring (bicyclic) bond motifs is 5. The number of carbonyl (C=O) groups is 1. The van der Waals surface area contributed by atoms with E-state index >= 15 is 0 Å². The summed E-state index contributed by atoms with van der Waals surface area (Å²) in [5.74, 6) is -0.731. The fourth-order valence-corrected chi connectivity index (χ4v) is 8.80. The first-order valence-electron chi connectivity index (χ1n) is 13.3. The smallest absolute Gasteiger partial charge is 0.306 e. The molecule has 190 valence electrons. The first kappa shape index (κ1) is 25.7. The Labute approximate surface area is 206 Å². The highest BCUT2D eigenvalue weighted by atomic mass is 16.4. The van der Waals surface area contributed by atoms with Gasteiger partial charge in [0.05, 0.1) is 18.1 Å². The van der Waals surface area contributed by atoms with Crippen molar-refractivity contribution in [1.29, 1.82) is 0 Å². The van der Waals surface area contributed by atoms with E-state index in [1.54, 1.807) is 0 Å². The molecule has 0 aliphatic heterocycles. The first-order valence-corrected chi connectivity index (χ1v) is 13.3. The average molecular weight is 471 g/mol. The number of aliphatic hydroxyl groups is 2. The van der Waals surface area contributed by atoms with Crippen LogP contribution < -0.4 is 0 Å². The van der Waals surface area contributed by atoms with Crippen molar-refractivity contribution >= 4 is 5.97 Å². The predicted molar refractivity (Wildman–Crippen MR) is 136 cm³/mol. The van der Waals surface area contributed by atoms with Gasteiger partial charge in [-0.2, -0.15) is 0 Å². The van der Waals surface area contributed by atoms with Gasteiger partial charge in [0.25, 0.3) is 0 Å². The molecule has 4 heteroatoms. The minimum absolute atomic E-state index is 0.0289. The number of carboxylic acids is 1. The lowest BCUT2D eigenvalue weighted by Crippen LogP contribution is -2.58. The van der Waals surface area contributed by atoms with Gasteiger partial charge in [0.1, 0.15) is 0 Å². The van der Waals surface area contributed by atoms with E-state index in [0.29, 0.717) is 18.8 Å². The van der Waals surface area contributed by atoms with Gasteiger partial charge in [-0.15, -0.1) is 0 Å². The molecule has 4 aliphatic carbocycles. The van der Waals surface area contributed by atoms with Crippen LogP contribution >= 0.6 is 0 Å². The predicted octanol–water partition coefficient (Wildman–Crippen LogP) is 6.15. The summed E-state index contributed by atoms with van der Waals surface area (Å²) in [7, 11) is 0. The van der Waals surface area contributed by atoms with Crippen LogP contribution in [0.4, 0.5) is 0 Å². The molecule has 4 nitrogen and oxygen atoms in total. The van der Waals surface area contributed by atoms with Crippen LogP contribution in [0.2, 0.25) is 0 Å². The van der Waals surface area contributed by atoms with E-state index < -0.39 is 28.8 Å². The number of rotatable bonds is 5. The molecule has 0 spiro atoms. The molecular weight excluding hydrogens is 424 g/mol. The van der Waals surface area contributed by atoms with E-state index in [4.69, 9.17) is 0 Å². The summed E-state index contributed by atoms with van der Waals surface area (Å²) in [6.45, 7) is 15.3. The molecule has 0 aromatic carbocycles. The van der Waals surface area contributed by atoms with Crippen molar-refractivity contribution in [3.05, 3.63) is 35.5 Å². The largest absolute Gasteiger partial charge is 0.481 e. The van der Waals surface area contributed by atoms with Gasteiger partial charge < -0.3 is 15.3 Å². The Morgan fingerprint density at radius 2 is 1.82 bits per heavy atom. The van der Waals surface area contributed by atoms with Crippen LogP contribution in [0.5, 0.6) is 0 Å². The number of carboxylic acid groups (broad SMARTS) is 1. The molecule has 9 atom stereocenters. The van der Waals surface area contributed by atoms with Gasteiger partial charge in [0.2, 0.25) is 0 Å². The Morgan fingerprint density at radius 3 is 2.44 bits per heavy atom. The number of aliphatic carboxylic acids is 1. The summed E-state index contributed by atoms with van der Waals surface area (Å²) < 4.78 is 0. The Balaban J connectivity index is 1.75. The number of hydrogen-bond donors (Lipinski definition) is 3. The van der Waals surface area contributed by atoms with Gasteiger partial charge in [0.15, 0.2) is 0 Å². The van der Waals surface area contributed by atoms with E-state index in [0.717, 1.165) is 25.7 Å². The van der Waals surface area contributed by atoms with Crippen molar-refractivity contribution in [2.45, 2.75) is 99.2 Å². The van der Waals surface area contributed by atoms with Crippen LogP contribution in [-0.2, 0) is 4.79 Å². The van der Waals surface area contributed by atoms with E-state index in [9.17, 15) is 20.1 Å². The van der Waals surface area contributed by atoms with Crippen LogP contribution in [0.3, 0.4) is 0 Å². The molecule has 34 heavy (non-hydrogen) atoms. The number of aliphatic hydroxyl groups excluding tert-OH is 2. The SMILES string of the molecule is CC(C)=CCC[C@@H](C(=O)O)[C@H]1C[C@H](O)[C@@]2(C)C3=CC[C@H]4C(C)(C)[C@@H](O)CC[C@]4(C)[C@H]3C=C[C@]12C.